The van der Waals surface area contributed by atoms with Crippen molar-refractivity contribution in [3.63, 3.8) is 0 Å². The SMILES string of the molecule is Ic1c2c(nc3c1CCCC3)CCCC2. The third-order valence-corrected chi connectivity index (χ3v) is 4.98. The Morgan fingerprint density at radius 3 is 1.73 bits per heavy atom. The van der Waals surface area contributed by atoms with Crippen LogP contribution in [0.25, 0.3) is 0 Å². The lowest BCUT2D eigenvalue weighted by molar-refractivity contribution is 0.622. The summed E-state index contributed by atoms with van der Waals surface area (Å²) in [6.45, 7) is 0. The second-order valence-electron chi connectivity index (χ2n) is 4.69. The zero-order chi connectivity index (χ0) is 10.3. The topological polar surface area (TPSA) is 12.9 Å². The largest absolute Gasteiger partial charge is 0.257 e. The molecule has 0 fully saturated rings. The summed E-state index contributed by atoms with van der Waals surface area (Å²) in [6.07, 6.45) is 10.4. The molecule has 0 N–H and O–H groups in total. The summed E-state index contributed by atoms with van der Waals surface area (Å²) in [5.74, 6) is 0. The first kappa shape index (κ1) is 10.1. The minimum atomic E-state index is 1.22. The standard InChI is InChI=1S/C13H16IN/c14-13-9-5-1-3-7-11(9)15-12-8-4-2-6-10(12)13/h1-8H2. The highest BCUT2D eigenvalue weighted by molar-refractivity contribution is 14.1. The molecule has 2 aliphatic rings. The van der Waals surface area contributed by atoms with Gasteiger partial charge in [0.2, 0.25) is 0 Å². The van der Waals surface area contributed by atoms with E-state index in [1.54, 1.807) is 14.7 Å². The maximum absolute atomic E-state index is 4.91. The molecule has 0 amide bonds. The van der Waals surface area contributed by atoms with Gasteiger partial charge < -0.3 is 0 Å². The quantitative estimate of drug-likeness (QED) is 0.669. The lowest BCUT2D eigenvalue weighted by atomic mass is 9.89. The average Bonchev–Trinajstić information content (AvgIpc) is 2.30. The molecule has 15 heavy (non-hydrogen) atoms. The van der Waals surface area contributed by atoms with Crippen LogP contribution in [-0.4, -0.2) is 4.98 Å². The Morgan fingerprint density at radius 2 is 1.20 bits per heavy atom. The van der Waals surface area contributed by atoms with Crippen molar-refractivity contribution in [1.82, 2.24) is 4.98 Å². The van der Waals surface area contributed by atoms with E-state index in [0.29, 0.717) is 0 Å². The van der Waals surface area contributed by atoms with Gasteiger partial charge in [-0.3, -0.25) is 4.98 Å². The summed E-state index contributed by atoms with van der Waals surface area (Å²) in [6, 6.07) is 0. The van der Waals surface area contributed by atoms with Crippen LogP contribution in [0.1, 0.15) is 48.2 Å². The summed E-state index contributed by atoms with van der Waals surface area (Å²) < 4.78 is 1.56. The zero-order valence-electron chi connectivity index (χ0n) is 8.98. The summed E-state index contributed by atoms with van der Waals surface area (Å²) in [5.41, 5.74) is 6.02. The summed E-state index contributed by atoms with van der Waals surface area (Å²) >= 11 is 2.57. The van der Waals surface area contributed by atoms with Crippen molar-refractivity contribution in [2.45, 2.75) is 51.4 Å². The number of fused-ring (bicyclic) bond motifs is 2. The Kier molecular flexibility index (Phi) is 2.71. The number of halogens is 1. The van der Waals surface area contributed by atoms with Crippen LogP contribution in [0.5, 0.6) is 0 Å². The van der Waals surface area contributed by atoms with Gasteiger partial charge in [0.15, 0.2) is 0 Å². The van der Waals surface area contributed by atoms with Crippen LogP contribution >= 0.6 is 22.6 Å². The summed E-state index contributed by atoms with van der Waals surface area (Å²) in [4.78, 5) is 4.91. The number of pyridine rings is 1. The van der Waals surface area contributed by atoms with E-state index in [4.69, 9.17) is 4.98 Å². The van der Waals surface area contributed by atoms with E-state index in [1.807, 2.05) is 0 Å². The monoisotopic (exact) mass is 313 g/mol. The van der Waals surface area contributed by atoms with Crippen molar-refractivity contribution in [3.05, 3.63) is 26.1 Å². The fourth-order valence-electron chi connectivity index (χ4n) is 2.84. The Balaban J connectivity index is 2.16. The van der Waals surface area contributed by atoms with Crippen molar-refractivity contribution >= 4 is 22.6 Å². The van der Waals surface area contributed by atoms with Crippen molar-refractivity contribution < 1.29 is 0 Å². The molecule has 1 aromatic heterocycles. The summed E-state index contributed by atoms with van der Waals surface area (Å²) in [5, 5.41) is 0. The van der Waals surface area contributed by atoms with Gasteiger partial charge in [0, 0.05) is 15.0 Å². The van der Waals surface area contributed by atoms with Crippen LogP contribution in [-0.2, 0) is 25.7 Å². The van der Waals surface area contributed by atoms with E-state index in [9.17, 15) is 0 Å². The van der Waals surface area contributed by atoms with Gasteiger partial charge >= 0.3 is 0 Å². The fraction of sp³-hybridized carbons (Fsp3) is 0.615. The Morgan fingerprint density at radius 1 is 0.733 bits per heavy atom. The Labute approximate surface area is 105 Å². The fourth-order valence-corrected chi connectivity index (χ4v) is 4.01. The van der Waals surface area contributed by atoms with Crippen LogP contribution in [0.15, 0.2) is 0 Å². The van der Waals surface area contributed by atoms with Crippen LogP contribution in [0.2, 0.25) is 0 Å². The smallest absolute Gasteiger partial charge is 0.0449 e. The highest BCUT2D eigenvalue weighted by Gasteiger charge is 2.21. The predicted molar refractivity (Wildman–Crippen MR) is 70.2 cm³/mol. The number of nitrogens with zero attached hydrogens (tertiary/aromatic N) is 1. The van der Waals surface area contributed by atoms with E-state index in [1.165, 1.54) is 62.8 Å². The summed E-state index contributed by atoms with van der Waals surface area (Å²) in [7, 11) is 0. The molecule has 0 radical (unpaired) electrons. The Hall–Kier alpha value is -0.120. The third kappa shape index (κ3) is 1.71. The van der Waals surface area contributed by atoms with Crippen molar-refractivity contribution in [1.29, 1.82) is 0 Å². The minimum Gasteiger partial charge on any atom is -0.257 e. The predicted octanol–water partition coefficient (Wildman–Crippen LogP) is 3.44. The molecule has 0 saturated carbocycles. The van der Waals surface area contributed by atoms with E-state index < -0.39 is 0 Å². The van der Waals surface area contributed by atoms with Gasteiger partial charge in [0.1, 0.15) is 0 Å². The minimum absolute atomic E-state index is 1.22. The third-order valence-electron chi connectivity index (χ3n) is 3.68. The first-order valence-electron chi connectivity index (χ1n) is 6.05. The van der Waals surface area contributed by atoms with Crippen LogP contribution in [0.3, 0.4) is 0 Å². The van der Waals surface area contributed by atoms with Crippen LogP contribution < -0.4 is 0 Å². The van der Waals surface area contributed by atoms with Gasteiger partial charge in [0.05, 0.1) is 0 Å². The van der Waals surface area contributed by atoms with E-state index >= 15 is 0 Å². The molecule has 0 bridgehead atoms. The molecule has 1 nitrogen and oxygen atoms in total. The molecule has 2 aliphatic carbocycles. The van der Waals surface area contributed by atoms with Gasteiger partial charge in [0.25, 0.3) is 0 Å². The first-order valence-corrected chi connectivity index (χ1v) is 7.13. The van der Waals surface area contributed by atoms with Gasteiger partial charge in [-0.1, -0.05) is 0 Å². The molecule has 1 aromatic rings. The Bertz CT molecular complexity index is 364. The number of hydrogen-bond acceptors (Lipinski definition) is 1. The number of rotatable bonds is 0. The lowest BCUT2D eigenvalue weighted by Crippen LogP contribution is -2.16. The van der Waals surface area contributed by atoms with Gasteiger partial charge in [-0.25, -0.2) is 0 Å². The lowest BCUT2D eigenvalue weighted by Gasteiger charge is -2.23. The molecule has 0 spiro atoms. The molecular weight excluding hydrogens is 297 g/mol. The molecule has 0 atom stereocenters. The number of hydrogen-bond donors (Lipinski definition) is 0. The second kappa shape index (κ2) is 4.04. The molecule has 0 aromatic carbocycles. The van der Waals surface area contributed by atoms with Crippen molar-refractivity contribution in [2.24, 2.45) is 0 Å². The molecule has 3 rings (SSSR count). The molecular formula is C13H16IN. The van der Waals surface area contributed by atoms with Crippen molar-refractivity contribution in [3.8, 4) is 0 Å². The van der Waals surface area contributed by atoms with E-state index in [-0.39, 0.29) is 0 Å². The van der Waals surface area contributed by atoms with Gasteiger partial charge in [-0.2, -0.15) is 0 Å². The van der Waals surface area contributed by atoms with E-state index in [0.717, 1.165) is 0 Å². The number of aromatic nitrogens is 1. The van der Waals surface area contributed by atoms with Crippen LogP contribution in [0, 0.1) is 3.57 Å². The molecule has 0 saturated heterocycles. The number of aryl methyl sites for hydroxylation is 2. The van der Waals surface area contributed by atoms with Gasteiger partial charge in [-0.05, 0) is 85.1 Å². The average molecular weight is 313 g/mol. The molecule has 0 unspecified atom stereocenters. The van der Waals surface area contributed by atoms with Crippen LogP contribution in [0.4, 0.5) is 0 Å². The van der Waals surface area contributed by atoms with Gasteiger partial charge in [-0.15, -0.1) is 0 Å². The highest BCUT2D eigenvalue weighted by atomic mass is 127. The molecule has 0 aliphatic heterocycles. The van der Waals surface area contributed by atoms with Crippen molar-refractivity contribution in [2.75, 3.05) is 0 Å². The normalized spacial score (nSPS) is 19.5. The maximum atomic E-state index is 4.91. The van der Waals surface area contributed by atoms with E-state index in [2.05, 4.69) is 22.6 Å². The first-order chi connectivity index (χ1) is 7.36. The zero-order valence-corrected chi connectivity index (χ0v) is 11.1. The molecule has 1 heterocycles. The second-order valence-corrected chi connectivity index (χ2v) is 5.77. The molecule has 2 heteroatoms. The molecule has 80 valence electrons. The highest BCUT2D eigenvalue weighted by Crippen LogP contribution is 2.32. The maximum Gasteiger partial charge on any atom is 0.0449 e.